The third-order valence-electron chi connectivity index (χ3n) is 2.73. The Morgan fingerprint density at radius 3 is 2.67 bits per heavy atom. The maximum atomic E-state index is 12.1. The van der Waals surface area contributed by atoms with E-state index in [1.54, 1.807) is 19.1 Å². The van der Waals surface area contributed by atoms with Gasteiger partial charge in [0.15, 0.2) is 0 Å². The topological polar surface area (TPSA) is 80.7 Å². The molecule has 1 aromatic carbocycles. The van der Waals surface area contributed by atoms with Crippen molar-refractivity contribution in [2.24, 2.45) is 0 Å². The molecule has 0 saturated carbocycles. The predicted octanol–water partition coefficient (Wildman–Crippen LogP) is 2.63. The highest BCUT2D eigenvalue weighted by molar-refractivity contribution is 6.29. The van der Waals surface area contributed by atoms with Crippen LogP contribution >= 0.6 is 11.6 Å². The van der Waals surface area contributed by atoms with Gasteiger partial charge in [-0.05, 0) is 25.1 Å². The van der Waals surface area contributed by atoms with E-state index in [1.165, 1.54) is 6.20 Å². The number of carbonyl (C=O) groups excluding carboxylic acids is 1. The Morgan fingerprint density at radius 2 is 1.90 bits per heavy atom. The molecule has 21 heavy (non-hydrogen) atoms. The van der Waals surface area contributed by atoms with E-state index in [0.717, 1.165) is 5.52 Å². The lowest BCUT2D eigenvalue weighted by Gasteiger charge is -2.05. The van der Waals surface area contributed by atoms with E-state index >= 15 is 0 Å². The molecule has 0 aliphatic carbocycles. The van der Waals surface area contributed by atoms with Crippen molar-refractivity contribution >= 4 is 34.5 Å². The average molecular weight is 300 g/mol. The predicted molar refractivity (Wildman–Crippen MR) is 79.3 cm³/mol. The van der Waals surface area contributed by atoms with Gasteiger partial charge in [0.2, 0.25) is 5.95 Å². The highest BCUT2D eigenvalue weighted by Crippen LogP contribution is 2.12. The molecule has 2 heterocycles. The van der Waals surface area contributed by atoms with Gasteiger partial charge in [-0.1, -0.05) is 23.7 Å². The number of aromatic nitrogens is 4. The number of anilines is 1. The minimum atomic E-state index is -0.435. The SMILES string of the molecule is Cc1cc(Cl)nc(NC(=O)c2cnc3ccccc3n2)n1. The highest BCUT2D eigenvalue weighted by Gasteiger charge is 2.11. The molecule has 0 radical (unpaired) electrons. The Morgan fingerprint density at radius 1 is 1.14 bits per heavy atom. The van der Waals surface area contributed by atoms with E-state index in [4.69, 9.17) is 11.6 Å². The smallest absolute Gasteiger partial charge is 0.278 e. The van der Waals surface area contributed by atoms with Crippen molar-refractivity contribution in [3.05, 3.63) is 53.1 Å². The van der Waals surface area contributed by atoms with Crippen molar-refractivity contribution in [2.45, 2.75) is 6.92 Å². The van der Waals surface area contributed by atoms with Crippen LogP contribution in [0.5, 0.6) is 0 Å². The number of fused-ring (bicyclic) bond motifs is 1. The zero-order valence-corrected chi connectivity index (χ0v) is 11.8. The van der Waals surface area contributed by atoms with Gasteiger partial charge in [0.05, 0.1) is 17.2 Å². The van der Waals surface area contributed by atoms with Crippen LogP contribution in [0.3, 0.4) is 0 Å². The Kier molecular flexibility index (Phi) is 3.45. The molecule has 7 heteroatoms. The van der Waals surface area contributed by atoms with Crippen molar-refractivity contribution in [2.75, 3.05) is 5.32 Å². The van der Waals surface area contributed by atoms with Crippen LogP contribution in [0.4, 0.5) is 5.95 Å². The molecule has 3 aromatic rings. The van der Waals surface area contributed by atoms with Crippen LogP contribution in [0, 0.1) is 6.92 Å². The van der Waals surface area contributed by atoms with Crippen LogP contribution < -0.4 is 5.32 Å². The van der Waals surface area contributed by atoms with Crippen molar-refractivity contribution in [3.8, 4) is 0 Å². The Balaban J connectivity index is 1.89. The number of hydrogen-bond acceptors (Lipinski definition) is 5. The lowest BCUT2D eigenvalue weighted by molar-refractivity contribution is 0.102. The molecule has 0 bridgehead atoms. The highest BCUT2D eigenvalue weighted by atomic mass is 35.5. The summed E-state index contributed by atoms with van der Waals surface area (Å²) < 4.78 is 0. The minimum Gasteiger partial charge on any atom is -0.289 e. The quantitative estimate of drug-likeness (QED) is 0.736. The third-order valence-corrected chi connectivity index (χ3v) is 2.92. The molecule has 0 fully saturated rings. The third kappa shape index (κ3) is 2.95. The summed E-state index contributed by atoms with van der Waals surface area (Å²) >= 11 is 5.83. The number of amides is 1. The molecule has 0 aliphatic rings. The van der Waals surface area contributed by atoms with Crippen LogP contribution in [-0.2, 0) is 0 Å². The van der Waals surface area contributed by atoms with Gasteiger partial charge in [-0.2, -0.15) is 0 Å². The van der Waals surface area contributed by atoms with E-state index in [1.807, 2.05) is 18.2 Å². The molecular formula is C14H10ClN5O. The number of rotatable bonds is 2. The van der Waals surface area contributed by atoms with Crippen molar-refractivity contribution in [1.29, 1.82) is 0 Å². The van der Waals surface area contributed by atoms with Gasteiger partial charge in [0, 0.05) is 5.69 Å². The number of para-hydroxylation sites is 2. The molecule has 0 aliphatic heterocycles. The first kappa shape index (κ1) is 13.4. The zero-order valence-electron chi connectivity index (χ0n) is 11.0. The van der Waals surface area contributed by atoms with Crippen LogP contribution in [0.15, 0.2) is 36.5 Å². The van der Waals surface area contributed by atoms with Crippen molar-refractivity contribution in [1.82, 2.24) is 19.9 Å². The molecule has 1 amide bonds. The van der Waals surface area contributed by atoms with Gasteiger partial charge in [0.1, 0.15) is 10.8 Å². The van der Waals surface area contributed by atoms with Gasteiger partial charge in [0.25, 0.3) is 5.91 Å². The van der Waals surface area contributed by atoms with Gasteiger partial charge in [-0.25, -0.2) is 15.0 Å². The number of halogens is 1. The normalized spacial score (nSPS) is 10.6. The molecule has 0 atom stereocenters. The summed E-state index contributed by atoms with van der Waals surface area (Å²) in [7, 11) is 0. The fourth-order valence-electron chi connectivity index (χ4n) is 1.82. The van der Waals surface area contributed by atoms with Gasteiger partial charge in [-0.15, -0.1) is 0 Å². The summed E-state index contributed by atoms with van der Waals surface area (Å²) in [5.74, 6) is -0.296. The standard InChI is InChI=1S/C14H10ClN5O/c1-8-6-12(15)19-14(17-8)20-13(21)11-7-16-9-4-2-3-5-10(9)18-11/h2-7H,1H3,(H,17,19,20,21). The molecule has 104 valence electrons. The summed E-state index contributed by atoms with van der Waals surface area (Å²) in [6, 6.07) is 8.92. The molecule has 0 spiro atoms. The summed E-state index contributed by atoms with van der Waals surface area (Å²) in [6.07, 6.45) is 1.41. The van der Waals surface area contributed by atoms with E-state index in [0.29, 0.717) is 11.2 Å². The van der Waals surface area contributed by atoms with E-state index < -0.39 is 5.91 Å². The average Bonchev–Trinajstić information content (AvgIpc) is 2.45. The Bertz CT molecular complexity index is 816. The largest absolute Gasteiger partial charge is 0.289 e. The second-order valence-corrected chi connectivity index (χ2v) is 4.74. The molecule has 2 aromatic heterocycles. The number of hydrogen-bond donors (Lipinski definition) is 1. The zero-order chi connectivity index (χ0) is 14.8. The minimum absolute atomic E-state index is 0.139. The first-order valence-corrected chi connectivity index (χ1v) is 6.54. The van der Waals surface area contributed by atoms with Gasteiger partial charge in [-0.3, -0.25) is 15.1 Å². The number of benzene rings is 1. The molecule has 3 rings (SSSR count). The number of aryl methyl sites for hydroxylation is 1. The van der Waals surface area contributed by atoms with Crippen LogP contribution in [0.1, 0.15) is 16.2 Å². The van der Waals surface area contributed by atoms with Crippen LogP contribution in [-0.4, -0.2) is 25.8 Å². The monoisotopic (exact) mass is 299 g/mol. The fourth-order valence-corrected chi connectivity index (χ4v) is 2.06. The molecule has 6 nitrogen and oxygen atoms in total. The van der Waals surface area contributed by atoms with Gasteiger partial charge < -0.3 is 0 Å². The van der Waals surface area contributed by atoms with E-state index in [2.05, 4.69) is 25.3 Å². The maximum Gasteiger partial charge on any atom is 0.278 e. The molecule has 0 saturated heterocycles. The summed E-state index contributed by atoms with van der Waals surface area (Å²) in [5, 5.41) is 2.82. The molecule has 0 unspecified atom stereocenters. The summed E-state index contributed by atoms with van der Waals surface area (Å²) in [6.45, 7) is 1.76. The van der Waals surface area contributed by atoms with Crippen LogP contribution in [0.25, 0.3) is 11.0 Å². The van der Waals surface area contributed by atoms with Crippen molar-refractivity contribution in [3.63, 3.8) is 0 Å². The fraction of sp³-hybridized carbons (Fsp3) is 0.0714. The summed E-state index contributed by atoms with van der Waals surface area (Å²) in [4.78, 5) is 28.6. The lowest BCUT2D eigenvalue weighted by Crippen LogP contribution is -2.16. The Labute approximate surface area is 125 Å². The second-order valence-electron chi connectivity index (χ2n) is 4.35. The Hall–Kier alpha value is -2.60. The van der Waals surface area contributed by atoms with Crippen molar-refractivity contribution < 1.29 is 4.79 Å². The first-order chi connectivity index (χ1) is 10.1. The number of nitrogens with zero attached hydrogens (tertiary/aromatic N) is 4. The van der Waals surface area contributed by atoms with E-state index in [9.17, 15) is 4.79 Å². The number of nitrogens with one attached hydrogen (secondary N) is 1. The maximum absolute atomic E-state index is 12.1. The van der Waals surface area contributed by atoms with Crippen LogP contribution in [0.2, 0.25) is 5.15 Å². The second kappa shape index (κ2) is 5.41. The van der Waals surface area contributed by atoms with Gasteiger partial charge >= 0.3 is 0 Å². The first-order valence-electron chi connectivity index (χ1n) is 6.16. The number of carbonyl (C=O) groups is 1. The molecular weight excluding hydrogens is 290 g/mol. The molecule has 1 N–H and O–H groups in total. The lowest BCUT2D eigenvalue weighted by atomic mass is 10.3. The summed E-state index contributed by atoms with van der Waals surface area (Å²) in [5.41, 5.74) is 2.22. The van der Waals surface area contributed by atoms with E-state index in [-0.39, 0.29) is 16.8 Å².